The molecule has 4 nitrogen and oxygen atoms in total. The molecule has 0 bridgehead atoms. The minimum Gasteiger partial charge on any atom is -0.480 e. The molecule has 1 aromatic carbocycles. The van der Waals surface area contributed by atoms with Crippen LogP contribution >= 0.6 is 15.9 Å². The van der Waals surface area contributed by atoms with Crippen molar-refractivity contribution < 1.29 is 14.3 Å². The first kappa shape index (κ1) is 12.9. The molecular weight excluding hydrogens is 303 g/mol. The van der Waals surface area contributed by atoms with Crippen LogP contribution in [0, 0.1) is 5.82 Å². The van der Waals surface area contributed by atoms with Crippen molar-refractivity contribution in [2.24, 2.45) is 5.73 Å². The van der Waals surface area contributed by atoms with Crippen molar-refractivity contribution >= 4 is 32.8 Å². The number of aromatic nitrogens is 1. The Labute approximate surface area is 111 Å². The fraction of sp³-hybridized carbons (Fsp3) is 0.167. The van der Waals surface area contributed by atoms with Crippen LogP contribution in [-0.4, -0.2) is 22.1 Å². The molecule has 0 spiro atoms. The summed E-state index contributed by atoms with van der Waals surface area (Å²) in [5, 5.41) is 9.36. The van der Waals surface area contributed by atoms with E-state index in [4.69, 9.17) is 10.8 Å². The molecule has 1 heterocycles. The molecule has 6 heteroatoms. The van der Waals surface area contributed by atoms with Crippen LogP contribution in [-0.2, 0) is 11.2 Å². The van der Waals surface area contributed by atoms with Crippen molar-refractivity contribution in [3.05, 3.63) is 40.2 Å². The molecule has 1 aromatic heterocycles. The minimum absolute atomic E-state index is 0.0728. The number of halogens is 2. The van der Waals surface area contributed by atoms with Gasteiger partial charge in [-0.15, -0.1) is 0 Å². The molecule has 0 saturated carbocycles. The molecule has 2 aromatic rings. The molecule has 2 rings (SSSR count). The maximum absolute atomic E-state index is 13.9. The Kier molecular flexibility index (Phi) is 3.58. The molecule has 0 aliphatic carbocycles. The van der Waals surface area contributed by atoms with Crippen molar-refractivity contribution in [3.63, 3.8) is 0 Å². The topological polar surface area (TPSA) is 76.2 Å². The summed E-state index contributed by atoms with van der Waals surface area (Å²) in [5.74, 6) is -1.64. The third kappa shape index (κ3) is 2.34. The van der Waals surface area contributed by atoms with E-state index in [1.54, 1.807) is 18.3 Å². The predicted octanol–water partition coefficient (Wildman–Crippen LogP) is 2.09. The summed E-state index contributed by atoms with van der Waals surface area (Å²) >= 11 is 3.23. The van der Waals surface area contributed by atoms with Crippen molar-refractivity contribution in [1.82, 2.24) is 4.98 Å². The number of aliphatic carboxylic acids is 1. The molecule has 0 unspecified atom stereocenters. The van der Waals surface area contributed by atoms with E-state index in [1.807, 2.05) is 0 Å². The molecule has 94 valence electrons. The second-order valence-electron chi connectivity index (χ2n) is 3.87. The number of hydrogen-bond donors (Lipinski definition) is 2. The van der Waals surface area contributed by atoms with Crippen LogP contribution < -0.4 is 5.73 Å². The number of carboxylic acids is 1. The van der Waals surface area contributed by atoms with Crippen molar-refractivity contribution in [1.29, 1.82) is 0 Å². The van der Waals surface area contributed by atoms with Crippen molar-refractivity contribution in [2.45, 2.75) is 12.5 Å². The lowest BCUT2D eigenvalue weighted by atomic mass is 10.0. The van der Waals surface area contributed by atoms with Crippen molar-refractivity contribution in [2.75, 3.05) is 0 Å². The highest BCUT2D eigenvalue weighted by molar-refractivity contribution is 9.10. The lowest BCUT2D eigenvalue weighted by Crippen LogP contribution is -2.32. The fourth-order valence-corrected chi connectivity index (χ4v) is 2.27. The molecular formula is C12H10BrFN2O2. The average molecular weight is 313 g/mol. The number of nitrogens with zero attached hydrogens (tertiary/aromatic N) is 1. The van der Waals surface area contributed by atoms with Crippen LogP contribution in [0.2, 0.25) is 0 Å². The third-order valence-electron chi connectivity index (χ3n) is 2.64. The van der Waals surface area contributed by atoms with E-state index in [0.29, 0.717) is 15.4 Å². The van der Waals surface area contributed by atoms with E-state index >= 15 is 0 Å². The van der Waals surface area contributed by atoms with E-state index in [0.717, 1.165) is 0 Å². The maximum Gasteiger partial charge on any atom is 0.320 e. The van der Waals surface area contributed by atoms with Gasteiger partial charge >= 0.3 is 5.97 Å². The predicted molar refractivity (Wildman–Crippen MR) is 68.7 cm³/mol. The quantitative estimate of drug-likeness (QED) is 0.910. The highest BCUT2D eigenvalue weighted by Crippen LogP contribution is 2.28. The largest absolute Gasteiger partial charge is 0.480 e. The first-order valence-electron chi connectivity index (χ1n) is 5.20. The zero-order valence-electron chi connectivity index (χ0n) is 9.23. The van der Waals surface area contributed by atoms with E-state index in [9.17, 15) is 9.18 Å². The molecule has 0 amide bonds. The van der Waals surface area contributed by atoms with Gasteiger partial charge in [-0.05, 0) is 33.6 Å². The SMILES string of the molecule is N[C@@H](Cc1c(F)cc(Br)c2ncccc12)C(=O)O. The molecule has 1 atom stereocenters. The van der Waals surface area contributed by atoms with Crippen LogP contribution in [0.4, 0.5) is 4.39 Å². The van der Waals surface area contributed by atoms with Gasteiger partial charge in [0.15, 0.2) is 0 Å². The zero-order valence-corrected chi connectivity index (χ0v) is 10.8. The lowest BCUT2D eigenvalue weighted by Gasteiger charge is -2.11. The second-order valence-corrected chi connectivity index (χ2v) is 4.72. The first-order valence-corrected chi connectivity index (χ1v) is 6.00. The van der Waals surface area contributed by atoms with Gasteiger partial charge in [0.05, 0.1) is 5.52 Å². The van der Waals surface area contributed by atoms with Crippen LogP contribution in [0.1, 0.15) is 5.56 Å². The zero-order chi connectivity index (χ0) is 13.3. The average Bonchev–Trinajstić information content (AvgIpc) is 2.34. The number of carbonyl (C=O) groups is 1. The van der Waals surface area contributed by atoms with Gasteiger partial charge in [-0.1, -0.05) is 6.07 Å². The van der Waals surface area contributed by atoms with Gasteiger partial charge in [0.1, 0.15) is 11.9 Å². The van der Waals surface area contributed by atoms with Gasteiger partial charge in [0.25, 0.3) is 0 Å². The summed E-state index contributed by atoms with van der Waals surface area (Å²) < 4.78 is 14.4. The summed E-state index contributed by atoms with van der Waals surface area (Å²) in [6, 6.07) is 3.51. The summed E-state index contributed by atoms with van der Waals surface area (Å²) in [6.07, 6.45) is 1.52. The van der Waals surface area contributed by atoms with Gasteiger partial charge in [0.2, 0.25) is 0 Å². The number of rotatable bonds is 3. The number of nitrogens with two attached hydrogens (primary N) is 1. The number of hydrogen-bond acceptors (Lipinski definition) is 3. The summed E-state index contributed by atoms with van der Waals surface area (Å²) in [6.45, 7) is 0. The number of benzene rings is 1. The number of pyridine rings is 1. The molecule has 0 saturated heterocycles. The Hall–Kier alpha value is -1.53. The monoisotopic (exact) mass is 312 g/mol. The maximum atomic E-state index is 13.9. The summed E-state index contributed by atoms with van der Waals surface area (Å²) in [4.78, 5) is 14.9. The van der Waals surface area contributed by atoms with Crippen LogP contribution in [0.5, 0.6) is 0 Å². The molecule has 3 N–H and O–H groups in total. The Bertz CT molecular complexity index is 618. The highest BCUT2D eigenvalue weighted by Gasteiger charge is 2.18. The molecule has 0 aliphatic heterocycles. The molecule has 0 fully saturated rings. The van der Waals surface area contributed by atoms with E-state index in [1.165, 1.54) is 6.07 Å². The number of carboxylic acid groups (broad SMARTS) is 1. The Balaban J connectivity index is 2.59. The van der Waals surface area contributed by atoms with E-state index < -0.39 is 17.8 Å². The van der Waals surface area contributed by atoms with Crippen LogP contribution in [0.25, 0.3) is 10.9 Å². The number of fused-ring (bicyclic) bond motifs is 1. The van der Waals surface area contributed by atoms with Gasteiger partial charge < -0.3 is 10.8 Å². The smallest absolute Gasteiger partial charge is 0.320 e. The minimum atomic E-state index is -1.16. The third-order valence-corrected chi connectivity index (χ3v) is 3.25. The van der Waals surface area contributed by atoms with Gasteiger partial charge in [-0.2, -0.15) is 0 Å². The molecule has 18 heavy (non-hydrogen) atoms. The first-order chi connectivity index (χ1) is 8.50. The van der Waals surface area contributed by atoms with Gasteiger partial charge in [-0.25, -0.2) is 4.39 Å². The highest BCUT2D eigenvalue weighted by atomic mass is 79.9. The van der Waals surface area contributed by atoms with E-state index in [-0.39, 0.29) is 12.0 Å². The Morgan fingerprint density at radius 3 is 3.00 bits per heavy atom. The van der Waals surface area contributed by atoms with Gasteiger partial charge in [-0.3, -0.25) is 9.78 Å². The standard InChI is InChI=1S/C12H10BrFN2O2/c13-8-5-9(14)7(4-10(15)12(17)18)6-2-1-3-16-11(6)8/h1-3,5,10H,4,15H2,(H,17,18)/t10-/m0/s1. The summed E-state index contributed by atoms with van der Waals surface area (Å²) in [5.41, 5.74) is 6.31. The van der Waals surface area contributed by atoms with Crippen molar-refractivity contribution in [3.8, 4) is 0 Å². The normalized spacial score (nSPS) is 12.6. The molecule has 0 radical (unpaired) electrons. The van der Waals surface area contributed by atoms with Crippen LogP contribution in [0.3, 0.4) is 0 Å². The van der Waals surface area contributed by atoms with Crippen LogP contribution in [0.15, 0.2) is 28.9 Å². The lowest BCUT2D eigenvalue weighted by molar-refractivity contribution is -0.138. The molecule has 0 aliphatic rings. The second kappa shape index (κ2) is 4.99. The Morgan fingerprint density at radius 2 is 2.33 bits per heavy atom. The van der Waals surface area contributed by atoms with Gasteiger partial charge in [0, 0.05) is 22.5 Å². The fourth-order valence-electron chi connectivity index (χ4n) is 1.75. The Morgan fingerprint density at radius 1 is 1.61 bits per heavy atom. The summed E-state index contributed by atoms with van der Waals surface area (Å²) in [7, 11) is 0. The van der Waals surface area contributed by atoms with E-state index in [2.05, 4.69) is 20.9 Å².